The van der Waals surface area contributed by atoms with E-state index in [1.54, 1.807) is 4.90 Å². The Morgan fingerprint density at radius 3 is 2.39 bits per heavy atom. The van der Waals surface area contributed by atoms with Gasteiger partial charge in [-0.25, -0.2) is 0 Å². The Morgan fingerprint density at radius 2 is 1.65 bits per heavy atom. The van der Waals surface area contributed by atoms with Crippen molar-refractivity contribution in [2.45, 2.75) is 38.5 Å². The second kappa shape index (κ2) is 9.14. The number of hydrogen-bond acceptors (Lipinski definition) is 3. The summed E-state index contributed by atoms with van der Waals surface area (Å²) in [4.78, 5) is 14.0. The summed E-state index contributed by atoms with van der Waals surface area (Å²) < 4.78 is 11.3. The number of carbonyl (C=O) groups is 1. The van der Waals surface area contributed by atoms with E-state index in [-0.39, 0.29) is 18.2 Å². The Balaban J connectivity index is 0.00000192. The van der Waals surface area contributed by atoms with E-state index in [1.807, 2.05) is 18.2 Å². The second-order valence-corrected chi connectivity index (χ2v) is 6.30. The molecule has 0 aliphatic carbocycles. The molecule has 0 radical (unpaired) electrons. The number of benzene rings is 1. The van der Waals surface area contributed by atoms with Crippen molar-refractivity contribution in [2.75, 3.05) is 32.8 Å². The van der Waals surface area contributed by atoms with Gasteiger partial charge >= 0.3 is 0 Å². The molecule has 0 saturated carbocycles. The maximum absolute atomic E-state index is 12.4. The smallest absolute Gasteiger partial charge is 0.168 e. The molecule has 23 heavy (non-hydrogen) atoms. The fourth-order valence-electron chi connectivity index (χ4n) is 3.25. The van der Waals surface area contributed by atoms with E-state index in [0.717, 1.165) is 24.3 Å². The average molecular weight is 340 g/mol. The molecule has 1 aromatic carbocycles. The summed E-state index contributed by atoms with van der Waals surface area (Å²) in [6, 6.07) is 5.58. The highest BCUT2D eigenvalue weighted by Crippen LogP contribution is 2.30. The number of fused-ring (bicyclic) bond motifs is 1. The monoisotopic (exact) mass is 339 g/mol. The van der Waals surface area contributed by atoms with Crippen LogP contribution in [0.1, 0.15) is 48.9 Å². The Labute approximate surface area is 144 Å². The lowest BCUT2D eigenvalue weighted by atomic mass is 10.1. The van der Waals surface area contributed by atoms with E-state index >= 15 is 0 Å². The molecule has 2 heterocycles. The van der Waals surface area contributed by atoms with Gasteiger partial charge in [0.25, 0.3) is 0 Å². The summed E-state index contributed by atoms with van der Waals surface area (Å²) in [5, 5.41) is 0. The van der Waals surface area contributed by atoms with Crippen molar-refractivity contribution in [3.8, 4) is 11.5 Å². The summed E-state index contributed by atoms with van der Waals surface area (Å²) in [6.45, 7) is 4.72. The maximum Gasteiger partial charge on any atom is 0.168 e. The standard InChI is InChI=1S/C18H25NO3.ClH/c20-16(8-11-19-9-3-1-2-4-10-19)15-6-7-17-18(14-15)22-13-5-12-21-17;/h6-7,14H,1-5,8-13H2;1H. The van der Waals surface area contributed by atoms with Crippen LogP contribution in [0.4, 0.5) is 0 Å². The average Bonchev–Trinajstić information content (AvgIpc) is 2.94. The molecule has 0 amide bonds. The Morgan fingerprint density at radius 1 is 0.957 bits per heavy atom. The SMILES string of the molecule is O=C(CC[NH+]1CCCCCC1)c1ccc2c(c1)OCCCO2.[Cl-]. The van der Waals surface area contributed by atoms with Gasteiger partial charge in [0.2, 0.25) is 0 Å². The lowest BCUT2D eigenvalue weighted by Crippen LogP contribution is -3.11. The Bertz CT molecular complexity index is 513. The molecule has 2 aliphatic rings. The lowest BCUT2D eigenvalue weighted by Gasteiger charge is -2.16. The first-order valence-corrected chi connectivity index (χ1v) is 8.59. The molecule has 4 nitrogen and oxygen atoms in total. The molecule has 0 atom stereocenters. The van der Waals surface area contributed by atoms with Crippen LogP contribution >= 0.6 is 0 Å². The van der Waals surface area contributed by atoms with Crippen molar-refractivity contribution in [2.24, 2.45) is 0 Å². The van der Waals surface area contributed by atoms with Gasteiger partial charge in [-0.05, 0) is 43.9 Å². The van der Waals surface area contributed by atoms with Crippen LogP contribution in [-0.4, -0.2) is 38.6 Å². The molecule has 0 spiro atoms. The van der Waals surface area contributed by atoms with Gasteiger partial charge in [0, 0.05) is 12.0 Å². The quantitative estimate of drug-likeness (QED) is 0.707. The molecule has 128 valence electrons. The number of quaternary nitrogens is 1. The highest BCUT2D eigenvalue weighted by Gasteiger charge is 2.17. The van der Waals surface area contributed by atoms with Gasteiger partial charge in [-0.15, -0.1) is 0 Å². The van der Waals surface area contributed by atoms with Gasteiger partial charge in [-0.2, -0.15) is 0 Å². The molecule has 1 saturated heterocycles. The summed E-state index contributed by atoms with van der Waals surface area (Å²) in [5.41, 5.74) is 0.749. The molecule has 1 N–H and O–H groups in total. The number of carbonyl (C=O) groups excluding carboxylic acids is 1. The topological polar surface area (TPSA) is 40.0 Å². The zero-order valence-electron chi connectivity index (χ0n) is 13.6. The summed E-state index contributed by atoms with van der Waals surface area (Å²) in [6.07, 6.45) is 6.80. The van der Waals surface area contributed by atoms with Crippen LogP contribution in [0, 0.1) is 0 Å². The van der Waals surface area contributed by atoms with E-state index in [1.165, 1.54) is 38.8 Å². The zero-order chi connectivity index (χ0) is 15.2. The predicted molar refractivity (Wildman–Crippen MR) is 85.0 cm³/mol. The number of ether oxygens (including phenoxy) is 2. The molecular weight excluding hydrogens is 314 g/mol. The third-order valence-electron chi connectivity index (χ3n) is 4.59. The van der Waals surface area contributed by atoms with Gasteiger partial charge < -0.3 is 26.8 Å². The third kappa shape index (κ3) is 5.11. The molecule has 5 heteroatoms. The van der Waals surface area contributed by atoms with Crippen LogP contribution in [0.2, 0.25) is 0 Å². The van der Waals surface area contributed by atoms with E-state index in [9.17, 15) is 4.79 Å². The molecule has 0 unspecified atom stereocenters. The van der Waals surface area contributed by atoms with E-state index in [4.69, 9.17) is 9.47 Å². The number of likely N-dealkylation sites (tertiary alicyclic amines) is 1. The Hall–Kier alpha value is -1.26. The number of ketones is 1. The number of Topliss-reactive ketones (excluding diaryl/α,β-unsaturated/α-hetero) is 1. The number of rotatable bonds is 4. The van der Waals surface area contributed by atoms with Crippen molar-refractivity contribution >= 4 is 5.78 Å². The van der Waals surface area contributed by atoms with E-state index in [2.05, 4.69) is 0 Å². The van der Waals surface area contributed by atoms with Gasteiger partial charge in [0.1, 0.15) is 0 Å². The van der Waals surface area contributed by atoms with Gasteiger partial charge in [-0.3, -0.25) is 4.79 Å². The largest absolute Gasteiger partial charge is 1.00 e. The van der Waals surface area contributed by atoms with Crippen molar-refractivity contribution in [3.63, 3.8) is 0 Å². The molecule has 1 aromatic rings. The number of hydrogen-bond donors (Lipinski definition) is 1. The highest BCUT2D eigenvalue weighted by molar-refractivity contribution is 5.96. The molecule has 0 aromatic heterocycles. The van der Waals surface area contributed by atoms with E-state index in [0.29, 0.717) is 25.4 Å². The zero-order valence-corrected chi connectivity index (χ0v) is 14.4. The van der Waals surface area contributed by atoms with Crippen molar-refractivity contribution in [3.05, 3.63) is 23.8 Å². The van der Waals surface area contributed by atoms with Crippen LogP contribution in [-0.2, 0) is 0 Å². The van der Waals surface area contributed by atoms with Gasteiger partial charge in [0.05, 0.1) is 39.3 Å². The van der Waals surface area contributed by atoms with Crippen LogP contribution in [0.5, 0.6) is 11.5 Å². The van der Waals surface area contributed by atoms with Crippen molar-refractivity contribution in [1.29, 1.82) is 0 Å². The first-order valence-electron chi connectivity index (χ1n) is 8.59. The highest BCUT2D eigenvalue weighted by atomic mass is 35.5. The second-order valence-electron chi connectivity index (χ2n) is 6.30. The lowest BCUT2D eigenvalue weighted by molar-refractivity contribution is -0.898. The third-order valence-corrected chi connectivity index (χ3v) is 4.59. The van der Waals surface area contributed by atoms with Crippen molar-refractivity contribution < 1.29 is 31.6 Å². The minimum atomic E-state index is 0. The number of nitrogens with one attached hydrogen (secondary N) is 1. The van der Waals surface area contributed by atoms with Crippen LogP contribution in [0.3, 0.4) is 0 Å². The predicted octanol–water partition coefficient (Wildman–Crippen LogP) is -1.12. The number of halogens is 1. The fraction of sp³-hybridized carbons (Fsp3) is 0.611. The van der Waals surface area contributed by atoms with Crippen LogP contribution in [0.25, 0.3) is 0 Å². The van der Waals surface area contributed by atoms with Gasteiger partial charge in [0.15, 0.2) is 17.3 Å². The fourth-order valence-corrected chi connectivity index (χ4v) is 3.25. The minimum Gasteiger partial charge on any atom is -1.00 e. The molecule has 0 bridgehead atoms. The first kappa shape index (κ1) is 18.1. The van der Waals surface area contributed by atoms with Gasteiger partial charge in [-0.1, -0.05) is 0 Å². The normalized spacial score (nSPS) is 18.4. The van der Waals surface area contributed by atoms with Crippen LogP contribution in [0.15, 0.2) is 18.2 Å². The van der Waals surface area contributed by atoms with Crippen molar-refractivity contribution in [1.82, 2.24) is 0 Å². The first-order chi connectivity index (χ1) is 10.8. The Kier molecular flexibility index (Phi) is 7.18. The van der Waals surface area contributed by atoms with Crippen LogP contribution < -0.4 is 26.8 Å². The summed E-state index contributed by atoms with van der Waals surface area (Å²) in [7, 11) is 0. The molecule has 3 rings (SSSR count). The molecular formula is C18H26ClNO3. The summed E-state index contributed by atoms with van der Waals surface area (Å²) >= 11 is 0. The summed E-state index contributed by atoms with van der Waals surface area (Å²) in [5.74, 6) is 1.69. The minimum absolute atomic E-state index is 0. The molecule has 1 fully saturated rings. The molecule has 2 aliphatic heterocycles. The van der Waals surface area contributed by atoms with E-state index < -0.39 is 0 Å². The maximum atomic E-state index is 12.4.